The van der Waals surface area contributed by atoms with E-state index in [1.54, 1.807) is 22.0 Å². The predicted molar refractivity (Wildman–Crippen MR) is 74.5 cm³/mol. The lowest BCUT2D eigenvalue weighted by Crippen LogP contribution is -2.44. The van der Waals surface area contributed by atoms with Crippen LogP contribution in [0.4, 0.5) is 4.79 Å². The number of carboxylic acid groups (broad SMARTS) is 1. The third-order valence-corrected chi connectivity index (χ3v) is 4.21. The largest absolute Gasteiger partial charge is 0.481 e. The molecule has 1 aromatic heterocycles. The fourth-order valence-electron chi connectivity index (χ4n) is 2.64. The highest BCUT2D eigenvalue weighted by Gasteiger charge is 2.48. The first-order chi connectivity index (χ1) is 9.95. The maximum Gasteiger partial charge on any atom is 0.317 e. The van der Waals surface area contributed by atoms with Crippen LogP contribution < -0.4 is 5.32 Å². The van der Waals surface area contributed by atoms with Crippen LogP contribution in [0.2, 0.25) is 0 Å². The molecule has 0 spiro atoms. The molecule has 0 aliphatic carbocycles. The van der Waals surface area contributed by atoms with E-state index in [0.29, 0.717) is 26.1 Å². The molecule has 116 valence electrons. The molecule has 1 aliphatic rings. The van der Waals surface area contributed by atoms with Gasteiger partial charge >= 0.3 is 12.0 Å². The van der Waals surface area contributed by atoms with Gasteiger partial charge in [-0.2, -0.15) is 0 Å². The van der Waals surface area contributed by atoms with Crippen molar-refractivity contribution in [2.24, 2.45) is 11.3 Å². The summed E-state index contributed by atoms with van der Waals surface area (Å²) < 4.78 is 1.62. The number of hydrogen-bond donors (Lipinski definition) is 2. The zero-order valence-electron chi connectivity index (χ0n) is 12.3. The number of amides is 2. The molecule has 1 fully saturated rings. The van der Waals surface area contributed by atoms with Crippen molar-refractivity contribution in [3.8, 4) is 0 Å². The molecule has 0 saturated carbocycles. The van der Waals surface area contributed by atoms with Crippen LogP contribution in [0.1, 0.15) is 20.3 Å². The molecule has 0 aromatic carbocycles. The molecule has 1 unspecified atom stereocenters. The van der Waals surface area contributed by atoms with E-state index in [2.05, 4.69) is 15.6 Å². The lowest BCUT2D eigenvalue weighted by atomic mass is 9.76. The van der Waals surface area contributed by atoms with Gasteiger partial charge in [-0.1, -0.05) is 19.1 Å². The van der Waals surface area contributed by atoms with E-state index in [9.17, 15) is 14.7 Å². The summed E-state index contributed by atoms with van der Waals surface area (Å²) in [6, 6.07) is -0.223. The lowest BCUT2D eigenvalue weighted by Gasteiger charge is -2.28. The Bertz CT molecular complexity index is 502. The number of hydrogen-bond acceptors (Lipinski definition) is 4. The second-order valence-electron chi connectivity index (χ2n) is 5.69. The Hall–Kier alpha value is -2.12. The molecule has 2 amide bonds. The van der Waals surface area contributed by atoms with E-state index < -0.39 is 11.4 Å². The standard InChI is InChI=1S/C13H21N5O3/c1-10(2)13(11(19)20)3-6-17(9-13)12(21)14-4-7-18-8-5-15-16-18/h5,8,10H,3-4,6-7,9H2,1-2H3,(H,14,21)(H,19,20). The van der Waals surface area contributed by atoms with Crippen molar-refractivity contribution < 1.29 is 14.7 Å². The van der Waals surface area contributed by atoms with Gasteiger partial charge in [-0.25, -0.2) is 4.79 Å². The van der Waals surface area contributed by atoms with Gasteiger partial charge < -0.3 is 15.3 Å². The molecular weight excluding hydrogens is 274 g/mol. The summed E-state index contributed by atoms with van der Waals surface area (Å²) in [6.45, 7) is 5.48. The average Bonchev–Trinajstić information content (AvgIpc) is 3.08. The highest BCUT2D eigenvalue weighted by molar-refractivity contribution is 5.80. The smallest absolute Gasteiger partial charge is 0.317 e. The van der Waals surface area contributed by atoms with Crippen molar-refractivity contribution in [3.05, 3.63) is 12.4 Å². The topological polar surface area (TPSA) is 100 Å². The molecule has 2 heterocycles. The predicted octanol–water partition coefficient (Wildman–Crippen LogP) is 0.420. The Kier molecular flexibility index (Phi) is 4.44. The molecule has 0 radical (unpaired) electrons. The molecule has 1 saturated heterocycles. The zero-order chi connectivity index (χ0) is 15.5. The molecule has 1 aliphatic heterocycles. The Balaban J connectivity index is 1.85. The van der Waals surface area contributed by atoms with Crippen LogP contribution in [0.15, 0.2) is 12.4 Å². The molecule has 2 rings (SSSR count). The summed E-state index contributed by atoms with van der Waals surface area (Å²) in [5.74, 6) is -0.835. The third kappa shape index (κ3) is 3.14. The van der Waals surface area contributed by atoms with Crippen LogP contribution in [0.3, 0.4) is 0 Å². The number of rotatable bonds is 5. The van der Waals surface area contributed by atoms with E-state index >= 15 is 0 Å². The fraction of sp³-hybridized carbons (Fsp3) is 0.692. The Morgan fingerprint density at radius 2 is 2.24 bits per heavy atom. The van der Waals surface area contributed by atoms with Gasteiger partial charge in [0.15, 0.2) is 0 Å². The van der Waals surface area contributed by atoms with E-state index in [1.807, 2.05) is 13.8 Å². The minimum Gasteiger partial charge on any atom is -0.481 e. The van der Waals surface area contributed by atoms with Crippen LogP contribution in [0.25, 0.3) is 0 Å². The summed E-state index contributed by atoms with van der Waals surface area (Å²) in [5, 5.41) is 19.7. The average molecular weight is 295 g/mol. The minimum absolute atomic E-state index is 0.0112. The number of carbonyl (C=O) groups excluding carboxylic acids is 1. The van der Waals surface area contributed by atoms with Gasteiger partial charge in [-0.3, -0.25) is 9.48 Å². The van der Waals surface area contributed by atoms with Gasteiger partial charge in [0.25, 0.3) is 0 Å². The van der Waals surface area contributed by atoms with Crippen LogP contribution in [0.5, 0.6) is 0 Å². The van der Waals surface area contributed by atoms with Crippen molar-refractivity contribution in [2.45, 2.75) is 26.8 Å². The first kappa shape index (κ1) is 15.3. The van der Waals surface area contributed by atoms with Gasteiger partial charge in [-0.05, 0) is 12.3 Å². The first-order valence-electron chi connectivity index (χ1n) is 7.06. The van der Waals surface area contributed by atoms with Crippen molar-refractivity contribution in [3.63, 3.8) is 0 Å². The van der Waals surface area contributed by atoms with Crippen LogP contribution in [-0.4, -0.2) is 56.6 Å². The SMILES string of the molecule is CC(C)C1(C(=O)O)CCN(C(=O)NCCn2ccnn2)C1. The Labute approximate surface area is 123 Å². The van der Waals surface area contributed by atoms with Crippen LogP contribution >= 0.6 is 0 Å². The summed E-state index contributed by atoms with van der Waals surface area (Å²) in [5.41, 5.74) is -0.830. The Morgan fingerprint density at radius 1 is 1.48 bits per heavy atom. The lowest BCUT2D eigenvalue weighted by molar-refractivity contribution is -0.150. The summed E-state index contributed by atoms with van der Waals surface area (Å²) in [7, 11) is 0. The fourth-order valence-corrected chi connectivity index (χ4v) is 2.64. The number of likely N-dealkylation sites (tertiary alicyclic amines) is 1. The van der Waals surface area contributed by atoms with Gasteiger partial charge in [0.2, 0.25) is 0 Å². The molecular formula is C13H21N5O3. The van der Waals surface area contributed by atoms with Gasteiger partial charge in [0.05, 0.1) is 18.2 Å². The molecule has 8 heteroatoms. The third-order valence-electron chi connectivity index (χ3n) is 4.21. The molecule has 8 nitrogen and oxygen atoms in total. The van der Waals surface area contributed by atoms with Gasteiger partial charge in [0, 0.05) is 25.8 Å². The number of nitrogens with one attached hydrogen (secondary N) is 1. The number of urea groups is 1. The maximum absolute atomic E-state index is 12.1. The molecule has 2 N–H and O–H groups in total. The monoisotopic (exact) mass is 295 g/mol. The maximum atomic E-state index is 12.1. The van der Waals surface area contributed by atoms with E-state index in [-0.39, 0.29) is 18.5 Å². The van der Waals surface area contributed by atoms with Gasteiger partial charge in [0.1, 0.15) is 0 Å². The molecule has 0 bridgehead atoms. The highest BCUT2D eigenvalue weighted by Crippen LogP contribution is 2.38. The Morgan fingerprint density at radius 3 is 2.76 bits per heavy atom. The number of nitrogens with zero attached hydrogens (tertiary/aromatic N) is 4. The van der Waals surface area contributed by atoms with Gasteiger partial charge in [-0.15, -0.1) is 5.10 Å². The quantitative estimate of drug-likeness (QED) is 0.820. The molecule has 21 heavy (non-hydrogen) atoms. The van der Waals surface area contributed by atoms with Crippen molar-refractivity contribution >= 4 is 12.0 Å². The number of aliphatic carboxylic acids is 1. The number of aromatic nitrogens is 3. The normalized spacial score (nSPS) is 21.8. The second-order valence-corrected chi connectivity index (χ2v) is 5.69. The van der Waals surface area contributed by atoms with Crippen molar-refractivity contribution in [1.82, 2.24) is 25.2 Å². The summed E-state index contributed by atoms with van der Waals surface area (Å²) >= 11 is 0. The van der Waals surface area contributed by atoms with E-state index in [1.165, 1.54) is 0 Å². The number of carbonyl (C=O) groups is 2. The highest BCUT2D eigenvalue weighted by atomic mass is 16.4. The van der Waals surface area contributed by atoms with Crippen LogP contribution in [-0.2, 0) is 11.3 Å². The zero-order valence-corrected chi connectivity index (χ0v) is 12.3. The van der Waals surface area contributed by atoms with Crippen molar-refractivity contribution in [2.75, 3.05) is 19.6 Å². The molecule has 1 atom stereocenters. The van der Waals surface area contributed by atoms with E-state index in [0.717, 1.165) is 0 Å². The number of carboxylic acids is 1. The summed E-state index contributed by atoms with van der Waals surface area (Å²) in [6.07, 6.45) is 3.79. The van der Waals surface area contributed by atoms with E-state index in [4.69, 9.17) is 0 Å². The second kappa shape index (κ2) is 6.11. The van der Waals surface area contributed by atoms with Crippen molar-refractivity contribution in [1.29, 1.82) is 0 Å². The molecule has 1 aromatic rings. The minimum atomic E-state index is -0.830. The first-order valence-corrected chi connectivity index (χ1v) is 7.06. The van der Waals surface area contributed by atoms with Crippen LogP contribution in [0, 0.1) is 11.3 Å². The summed E-state index contributed by atoms with van der Waals surface area (Å²) in [4.78, 5) is 25.2.